The molecule has 0 spiro atoms. The van der Waals surface area contributed by atoms with Crippen LogP contribution in [-0.2, 0) is 4.74 Å². The van der Waals surface area contributed by atoms with E-state index in [0.717, 1.165) is 56.4 Å². The molecule has 1 amide bonds. The summed E-state index contributed by atoms with van der Waals surface area (Å²) in [5, 5.41) is 12.5. The van der Waals surface area contributed by atoms with Gasteiger partial charge in [0.05, 0.1) is 11.7 Å². The van der Waals surface area contributed by atoms with Gasteiger partial charge in [-0.2, -0.15) is 0 Å². The molecule has 24 heavy (non-hydrogen) atoms. The summed E-state index contributed by atoms with van der Waals surface area (Å²) in [6.45, 7) is 1.93. The molecule has 0 aromatic heterocycles. The molecule has 5 heteroatoms. The van der Waals surface area contributed by atoms with E-state index in [0.29, 0.717) is 12.0 Å². The maximum atomic E-state index is 12.8. The van der Waals surface area contributed by atoms with Crippen molar-refractivity contribution in [2.75, 3.05) is 31.7 Å². The second kappa shape index (κ2) is 7.99. The number of hydrogen-bond acceptors (Lipinski definition) is 4. The number of methoxy groups -OCH3 is 1. The van der Waals surface area contributed by atoms with E-state index >= 15 is 0 Å². The SMILES string of the molecule is COC1CCC(NC(=O)c2ccccc2N2CC[C@H](CO)C2)CC1. The molecule has 0 radical (unpaired) electrons. The van der Waals surface area contributed by atoms with Crippen molar-refractivity contribution in [1.82, 2.24) is 5.32 Å². The van der Waals surface area contributed by atoms with Crippen LogP contribution in [0, 0.1) is 5.92 Å². The van der Waals surface area contributed by atoms with E-state index in [1.165, 1.54) is 0 Å². The Kier molecular flexibility index (Phi) is 5.74. The van der Waals surface area contributed by atoms with Crippen molar-refractivity contribution in [3.05, 3.63) is 29.8 Å². The minimum atomic E-state index is 0.0129. The van der Waals surface area contributed by atoms with Crippen molar-refractivity contribution >= 4 is 11.6 Å². The van der Waals surface area contributed by atoms with Crippen LogP contribution in [0.15, 0.2) is 24.3 Å². The first-order valence-electron chi connectivity index (χ1n) is 8.99. The van der Waals surface area contributed by atoms with Crippen molar-refractivity contribution in [2.45, 2.75) is 44.2 Å². The number of benzene rings is 1. The fourth-order valence-electron chi connectivity index (χ4n) is 3.85. The lowest BCUT2D eigenvalue weighted by Gasteiger charge is -2.29. The van der Waals surface area contributed by atoms with E-state index in [2.05, 4.69) is 10.2 Å². The Bertz CT molecular complexity index is 555. The predicted octanol–water partition coefficient (Wildman–Crippen LogP) is 2.19. The summed E-state index contributed by atoms with van der Waals surface area (Å²) in [6, 6.07) is 8.04. The van der Waals surface area contributed by atoms with Gasteiger partial charge in [0, 0.05) is 44.5 Å². The van der Waals surface area contributed by atoms with E-state index in [-0.39, 0.29) is 18.6 Å². The van der Waals surface area contributed by atoms with Crippen molar-refractivity contribution in [3.8, 4) is 0 Å². The number of nitrogens with one attached hydrogen (secondary N) is 1. The Morgan fingerprint density at radius 2 is 2.00 bits per heavy atom. The number of aliphatic hydroxyl groups excluding tert-OH is 1. The van der Waals surface area contributed by atoms with Gasteiger partial charge in [-0.05, 0) is 44.2 Å². The Labute approximate surface area is 144 Å². The van der Waals surface area contributed by atoms with Gasteiger partial charge in [0.15, 0.2) is 0 Å². The summed E-state index contributed by atoms with van der Waals surface area (Å²) >= 11 is 0. The monoisotopic (exact) mass is 332 g/mol. The third-order valence-electron chi connectivity index (χ3n) is 5.38. The zero-order chi connectivity index (χ0) is 16.9. The van der Waals surface area contributed by atoms with Gasteiger partial charge in [-0.15, -0.1) is 0 Å². The van der Waals surface area contributed by atoms with Gasteiger partial charge >= 0.3 is 0 Å². The molecule has 1 atom stereocenters. The summed E-state index contributed by atoms with van der Waals surface area (Å²) in [5.74, 6) is 0.323. The molecular formula is C19H28N2O3. The number of rotatable bonds is 5. The van der Waals surface area contributed by atoms with Gasteiger partial charge in [-0.1, -0.05) is 12.1 Å². The van der Waals surface area contributed by atoms with E-state index < -0.39 is 0 Å². The lowest BCUT2D eigenvalue weighted by atomic mass is 9.92. The molecule has 1 aliphatic heterocycles. The molecule has 1 saturated carbocycles. The Morgan fingerprint density at radius 1 is 1.25 bits per heavy atom. The second-order valence-corrected chi connectivity index (χ2v) is 6.98. The molecule has 0 unspecified atom stereocenters. The Hall–Kier alpha value is -1.59. The number of ether oxygens (including phenoxy) is 1. The molecule has 0 bridgehead atoms. The van der Waals surface area contributed by atoms with Crippen molar-refractivity contribution in [2.24, 2.45) is 5.92 Å². The van der Waals surface area contributed by atoms with Crippen LogP contribution in [0.3, 0.4) is 0 Å². The predicted molar refractivity (Wildman–Crippen MR) is 94.4 cm³/mol. The molecule has 3 rings (SSSR count). The maximum absolute atomic E-state index is 12.8. The number of para-hydroxylation sites is 1. The summed E-state index contributed by atoms with van der Waals surface area (Å²) in [7, 11) is 1.76. The molecule has 132 valence electrons. The molecule has 5 nitrogen and oxygen atoms in total. The van der Waals surface area contributed by atoms with Crippen LogP contribution in [-0.4, -0.2) is 50.0 Å². The van der Waals surface area contributed by atoms with E-state index in [4.69, 9.17) is 4.74 Å². The van der Waals surface area contributed by atoms with Crippen LogP contribution in [0.1, 0.15) is 42.5 Å². The molecule has 2 fully saturated rings. The number of carbonyl (C=O) groups excluding carboxylic acids is 1. The van der Waals surface area contributed by atoms with Crippen molar-refractivity contribution in [1.29, 1.82) is 0 Å². The van der Waals surface area contributed by atoms with Gasteiger partial charge in [-0.25, -0.2) is 0 Å². The quantitative estimate of drug-likeness (QED) is 0.868. The zero-order valence-electron chi connectivity index (χ0n) is 14.4. The van der Waals surface area contributed by atoms with Crippen molar-refractivity contribution in [3.63, 3.8) is 0 Å². The normalized spacial score (nSPS) is 27.2. The van der Waals surface area contributed by atoms with Gasteiger partial charge < -0.3 is 20.1 Å². The van der Waals surface area contributed by atoms with Crippen LogP contribution in [0.25, 0.3) is 0 Å². The van der Waals surface area contributed by atoms with E-state index in [1.807, 2.05) is 24.3 Å². The molecule has 1 aromatic carbocycles. The highest BCUT2D eigenvalue weighted by atomic mass is 16.5. The highest BCUT2D eigenvalue weighted by Gasteiger charge is 2.27. The van der Waals surface area contributed by atoms with E-state index in [9.17, 15) is 9.90 Å². The lowest BCUT2D eigenvalue weighted by molar-refractivity contribution is 0.0599. The van der Waals surface area contributed by atoms with E-state index in [1.54, 1.807) is 7.11 Å². The molecular weight excluding hydrogens is 304 g/mol. The third kappa shape index (κ3) is 3.90. The minimum Gasteiger partial charge on any atom is -0.396 e. The zero-order valence-corrected chi connectivity index (χ0v) is 14.4. The van der Waals surface area contributed by atoms with Crippen LogP contribution in [0.4, 0.5) is 5.69 Å². The molecule has 2 N–H and O–H groups in total. The van der Waals surface area contributed by atoms with Gasteiger partial charge in [0.25, 0.3) is 5.91 Å². The molecule has 2 aliphatic rings. The molecule has 1 aliphatic carbocycles. The van der Waals surface area contributed by atoms with Crippen LogP contribution < -0.4 is 10.2 Å². The maximum Gasteiger partial charge on any atom is 0.253 e. The highest BCUT2D eigenvalue weighted by Crippen LogP contribution is 2.28. The Balaban J connectivity index is 1.65. The first-order valence-corrected chi connectivity index (χ1v) is 8.99. The highest BCUT2D eigenvalue weighted by molar-refractivity contribution is 6.00. The first-order chi connectivity index (χ1) is 11.7. The third-order valence-corrected chi connectivity index (χ3v) is 5.38. The minimum absolute atomic E-state index is 0.0129. The lowest BCUT2D eigenvalue weighted by Crippen LogP contribution is -2.39. The fourth-order valence-corrected chi connectivity index (χ4v) is 3.85. The standard InChI is InChI=1S/C19H28N2O3/c1-24-16-8-6-15(7-9-16)20-19(23)17-4-2-3-5-18(17)21-11-10-14(12-21)13-22/h2-5,14-16,22H,6-13H2,1H3,(H,20,23)/t14-,15?,16?/m0/s1. The Morgan fingerprint density at radius 3 is 2.67 bits per heavy atom. The number of anilines is 1. The molecule has 1 aromatic rings. The summed E-state index contributed by atoms with van der Waals surface area (Å²) in [5.41, 5.74) is 1.72. The van der Waals surface area contributed by atoms with Crippen molar-refractivity contribution < 1.29 is 14.6 Å². The van der Waals surface area contributed by atoms with Crippen LogP contribution in [0.5, 0.6) is 0 Å². The van der Waals surface area contributed by atoms with Gasteiger partial charge in [-0.3, -0.25) is 4.79 Å². The summed E-state index contributed by atoms with van der Waals surface area (Å²) in [4.78, 5) is 15.0. The summed E-state index contributed by atoms with van der Waals surface area (Å²) in [6.07, 6.45) is 5.28. The van der Waals surface area contributed by atoms with Crippen LogP contribution >= 0.6 is 0 Å². The molecule has 1 heterocycles. The number of carbonyl (C=O) groups is 1. The number of amides is 1. The largest absolute Gasteiger partial charge is 0.396 e. The second-order valence-electron chi connectivity index (χ2n) is 6.98. The average Bonchev–Trinajstić information content (AvgIpc) is 3.11. The summed E-state index contributed by atoms with van der Waals surface area (Å²) < 4.78 is 5.40. The van der Waals surface area contributed by atoms with Crippen LogP contribution in [0.2, 0.25) is 0 Å². The first kappa shape index (κ1) is 17.2. The molecule has 1 saturated heterocycles. The topological polar surface area (TPSA) is 61.8 Å². The fraction of sp³-hybridized carbons (Fsp3) is 0.632. The number of aliphatic hydroxyl groups is 1. The smallest absolute Gasteiger partial charge is 0.253 e. The average molecular weight is 332 g/mol. The number of hydrogen-bond donors (Lipinski definition) is 2. The number of nitrogens with zero attached hydrogens (tertiary/aromatic N) is 1. The van der Waals surface area contributed by atoms with Gasteiger partial charge in [0.1, 0.15) is 0 Å². The van der Waals surface area contributed by atoms with Gasteiger partial charge in [0.2, 0.25) is 0 Å².